The molecule has 0 saturated heterocycles. The number of amides is 1. The molecule has 2 atom stereocenters. The van der Waals surface area contributed by atoms with Crippen LogP contribution in [0.5, 0.6) is 0 Å². The molecule has 102 valence electrons. The Balaban J connectivity index is 2.21. The van der Waals surface area contributed by atoms with Crippen LogP contribution in [0.15, 0.2) is 18.2 Å². The zero-order chi connectivity index (χ0) is 14.0. The molecule has 1 aliphatic carbocycles. The number of hydrogen-bond acceptors (Lipinski definition) is 4. The van der Waals surface area contributed by atoms with E-state index in [0.717, 1.165) is 19.3 Å². The van der Waals surface area contributed by atoms with E-state index in [0.29, 0.717) is 0 Å². The highest BCUT2D eigenvalue weighted by atomic mass is 35.5. The summed E-state index contributed by atoms with van der Waals surface area (Å²) < 4.78 is 0. The van der Waals surface area contributed by atoms with Crippen molar-refractivity contribution in [2.75, 3.05) is 0 Å². The molecule has 0 aromatic heterocycles. The number of nitro groups is 1. The Hall–Kier alpha value is -1.66. The molecule has 2 rings (SSSR count). The molecule has 0 aliphatic heterocycles. The summed E-state index contributed by atoms with van der Waals surface area (Å²) in [5.41, 5.74) is 5.57. The molecule has 1 saturated carbocycles. The lowest BCUT2D eigenvalue weighted by Gasteiger charge is -2.17. The standard InChI is InChI=1S/C12H14ClN3O3/c13-7-4-5-8(11(6-7)16(18)19)12(17)15-10-3-1-2-9(10)14/h4-6,9-10H,1-3,14H2,(H,15,17). The van der Waals surface area contributed by atoms with Crippen LogP contribution in [0.25, 0.3) is 0 Å². The highest BCUT2D eigenvalue weighted by molar-refractivity contribution is 6.31. The quantitative estimate of drug-likeness (QED) is 0.653. The van der Waals surface area contributed by atoms with Crippen LogP contribution in [0.4, 0.5) is 5.69 Å². The lowest BCUT2D eigenvalue weighted by Crippen LogP contribution is -2.44. The van der Waals surface area contributed by atoms with Crippen molar-refractivity contribution in [2.45, 2.75) is 31.3 Å². The Labute approximate surface area is 115 Å². The van der Waals surface area contributed by atoms with Crippen molar-refractivity contribution >= 4 is 23.2 Å². The maximum absolute atomic E-state index is 12.1. The van der Waals surface area contributed by atoms with Crippen molar-refractivity contribution in [1.29, 1.82) is 0 Å². The highest BCUT2D eigenvalue weighted by Gasteiger charge is 2.28. The SMILES string of the molecule is NC1CCCC1NC(=O)c1ccc(Cl)cc1[N+](=O)[O-]. The van der Waals surface area contributed by atoms with Crippen molar-refractivity contribution < 1.29 is 9.72 Å². The maximum atomic E-state index is 12.1. The number of nitrogens with zero attached hydrogens (tertiary/aromatic N) is 1. The second kappa shape index (κ2) is 5.54. The summed E-state index contributed by atoms with van der Waals surface area (Å²) in [5.74, 6) is -0.481. The third-order valence-electron chi connectivity index (χ3n) is 3.29. The van der Waals surface area contributed by atoms with Gasteiger partial charge in [0.05, 0.1) is 4.92 Å². The van der Waals surface area contributed by atoms with E-state index >= 15 is 0 Å². The Bertz CT molecular complexity index is 521. The first-order valence-electron chi connectivity index (χ1n) is 5.99. The molecule has 1 aromatic carbocycles. The van der Waals surface area contributed by atoms with Crippen molar-refractivity contribution in [1.82, 2.24) is 5.32 Å². The summed E-state index contributed by atoms with van der Waals surface area (Å²) in [5, 5.41) is 13.9. The first-order chi connectivity index (χ1) is 8.99. The van der Waals surface area contributed by atoms with E-state index in [2.05, 4.69) is 5.32 Å². The van der Waals surface area contributed by atoms with Crippen LogP contribution in [-0.2, 0) is 0 Å². The number of carbonyl (C=O) groups is 1. The molecule has 2 unspecified atom stereocenters. The Morgan fingerprint density at radius 1 is 1.47 bits per heavy atom. The van der Waals surface area contributed by atoms with Gasteiger partial charge in [-0.05, 0) is 31.4 Å². The molecular weight excluding hydrogens is 270 g/mol. The van der Waals surface area contributed by atoms with Crippen molar-refractivity contribution in [2.24, 2.45) is 5.73 Å². The van der Waals surface area contributed by atoms with E-state index in [9.17, 15) is 14.9 Å². The minimum Gasteiger partial charge on any atom is -0.348 e. The van der Waals surface area contributed by atoms with Gasteiger partial charge >= 0.3 is 0 Å². The van der Waals surface area contributed by atoms with Gasteiger partial charge in [-0.25, -0.2) is 0 Å². The van der Waals surface area contributed by atoms with Crippen LogP contribution in [0, 0.1) is 10.1 Å². The van der Waals surface area contributed by atoms with E-state index in [1.54, 1.807) is 0 Å². The van der Waals surface area contributed by atoms with Crippen LogP contribution in [0.1, 0.15) is 29.6 Å². The Morgan fingerprint density at radius 3 is 2.79 bits per heavy atom. The van der Waals surface area contributed by atoms with E-state index in [1.807, 2.05) is 0 Å². The summed E-state index contributed by atoms with van der Waals surface area (Å²) in [6.45, 7) is 0. The molecular formula is C12H14ClN3O3. The number of hydrogen-bond donors (Lipinski definition) is 2. The fourth-order valence-electron chi connectivity index (χ4n) is 2.26. The second-order valence-electron chi connectivity index (χ2n) is 4.59. The molecule has 0 spiro atoms. The van der Waals surface area contributed by atoms with Crippen LogP contribution in [0.2, 0.25) is 5.02 Å². The van der Waals surface area contributed by atoms with E-state index in [-0.39, 0.29) is 28.4 Å². The average molecular weight is 284 g/mol. The lowest BCUT2D eigenvalue weighted by molar-refractivity contribution is -0.385. The normalized spacial score (nSPS) is 22.2. The molecule has 0 heterocycles. The highest BCUT2D eigenvalue weighted by Crippen LogP contribution is 2.24. The minimum atomic E-state index is -0.616. The molecule has 0 radical (unpaired) electrons. The van der Waals surface area contributed by atoms with Crippen LogP contribution < -0.4 is 11.1 Å². The molecule has 1 aliphatic rings. The van der Waals surface area contributed by atoms with Gasteiger partial charge in [0.25, 0.3) is 11.6 Å². The second-order valence-corrected chi connectivity index (χ2v) is 5.03. The minimum absolute atomic E-state index is 0.00787. The number of rotatable bonds is 3. The predicted octanol–water partition coefficient (Wildman–Crippen LogP) is 1.86. The average Bonchev–Trinajstić information content (AvgIpc) is 2.74. The summed E-state index contributed by atoms with van der Waals surface area (Å²) in [4.78, 5) is 22.4. The smallest absolute Gasteiger partial charge is 0.283 e. The zero-order valence-electron chi connectivity index (χ0n) is 10.1. The van der Waals surface area contributed by atoms with E-state index in [1.165, 1.54) is 18.2 Å². The van der Waals surface area contributed by atoms with Crippen LogP contribution >= 0.6 is 11.6 Å². The largest absolute Gasteiger partial charge is 0.348 e. The predicted molar refractivity (Wildman–Crippen MR) is 71.2 cm³/mol. The third kappa shape index (κ3) is 3.02. The molecule has 19 heavy (non-hydrogen) atoms. The molecule has 1 aromatic rings. The molecule has 3 N–H and O–H groups in total. The third-order valence-corrected chi connectivity index (χ3v) is 3.52. The monoisotopic (exact) mass is 283 g/mol. The topological polar surface area (TPSA) is 98.3 Å². The van der Waals surface area contributed by atoms with Crippen LogP contribution in [0.3, 0.4) is 0 Å². The molecule has 7 heteroatoms. The number of nitro benzene ring substituents is 1. The van der Waals surface area contributed by atoms with Gasteiger partial charge in [0.15, 0.2) is 0 Å². The lowest BCUT2D eigenvalue weighted by atomic mass is 10.1. The van der Waals surface area contributed by atoms with Gasteiger partial charge in [0, 0.05) is 23.2 Å². The molecule has 0 bridgehead atoms. The number of nitrogens with one attached hydrogen (secondary N) is 1. The number of carbonyl (C=O) groups excluding carboxylic acids is 1. The van der Waals surface area contributed by atoms with E-state index < -0.39 is 10.8 Å². The maximum Gasteiger partial charge on any atom is 0.283 e. The number of nitrogens with two attached hydrogens (primary N) is 1. The van der Waals surface area contributed by atoms with Gasteiger partial charge in [-0.3, -0.25) is 14.9 Å². The van der Waals surface area contributed by atoms with Gasteiger partial charge in [-0.1, -0.05) is 11.6 Å². The van der Waals surface area contributed by atoms with Gasteiger partial charge in [0.2, 0.25) is 0 Å². The molecule has 1 amide bonds. The van der Waals surface area contributed by atoms with Gasteiger partial charge in [-0.2, -0.15) is 0 Å². The molecule has 6 nitrogen and oxygen atoms in total. The summed E-state index contributed by atoms with van der Waals surface area (Å²) in [6, 6.07) is 3.78. The first kappa shape index (κ1) is 13.8. The fraction of sp³-hybridized carbons (Fsp3) is 0.417. The van der Waals surface area contributed by atoms with Gasteiger partial charge in [0.1, 0.15) is 5.56 Å². The summed E-state index contributed by atoms with van der Waals surface area (Å²) >= 11 is 5.70. The van der Waals surface area contributed by atoms with E-state index in [4.69, 9.17) is 17.3 Å². The fourth-order valence-corrected chi connectivity index (χ4v) is 2.43. The Kier molecular flexibility index (Phi) is 4.01. The van der Waals surface area contributed by atoms with Crippen molar-refractivity contribution in [3.63, 3.8) is 0 Å². The van der Waals surface area contributed by atoms with Gasteiger partial charge < -0.3 is 11.1 Å². The number of benzene rings is 1. The zero-order valence-corrected chi connectivity index (χ0v) is 10.9. The van der Waals surface area contributed by atoms with Crippen molar-refractivity contribution in [3.05, 3.63) is 38.9 Å². The summed E-state index contributed by atoms with van der Waals surface area (Å²) in [7, 11) is 0. The molecule has 1 fully saturated rings. The Morgan fingerprint density at radius 2 is 2.21 bits per heavy atom. The van der Waals surface area contributed by atoms with Crippen molar-refractivity contribution in [3.8, 4) is 0 Å². The summed E-state index contributed by atoms with van der Waals surface area (Å²) in [6.07, 6.45) is 2.61. The number of halogens is 1. The first-order valence-corrected chi connectivity index (χ1v) is 6.37. The van der Waals surface area contributed by atoms with Gasteiger partial charge in [-0.15, -0.1) is 0 Å². The van der Waals surface area contributed by atoms with Crippen LogP contribution in [-0.4, -0.2) is 22.9 Å².